The molecule has 142 valence electrons. The third-order valence-corrected chi connectivity index (χ3v) is 3.98. The number of guanidine groups is 1. The maximum atomic E-state index is 5.54. The highest BCUT2D eigenvalue weighted by Crippen LogP contribution is 2.30. The summed E-state index contributed by atoms with van der Waals surface area (Å²) in [4.78, 5) is 4.26. The second-order valence-electron chi connectivity index (χ2n) is 5.72. The highest BCUT2D eigenvalue weighted by molar-refractivity contribution is 5.93. The molecule has 8 heteroatoms. The molecule has 0 atom stereocenters. The molecule has 0 saturated carbocycles. The average molecular weight is 368 g/mol. The van der Waals surface area contributed by atoms with Crippen molar-refractivity contribution >= 4 is 17.3 Å². The van der Waals surface area contributed by atoms with Crippen LogP contribution in [0.4, 0.5) is 5.69 Å². The monoisotopic (exact) mass is 368 g/mol. The molecule has 0 bridgehead atoms. The summed E-state index contributed by atoms with van der Waals surface area (Å²) in [5.41, 5.74) is 1.70. The minimum absolute atomic E-state index is 0.587. The molecule has 0 aliphatic heterocycles. The second-order valence-corrected chi connectivity index (χ2v) is 5.72. The van der Waals surface area contributed by atoms with Gasteiger partial charge < -0.3 is 20.1 Å². The molecule has 2 heterocycles. The van der Waals surface area contributed by atoms with Crippen molar-refractivity contribution in [2.75, 3.05) is 32.6 Å². The first-order valence-electron chi connectivity index (χ1n) is 8.82. The fraction of sp³-hybridized carbons (Fsp3) is 0.316. The molecular weight excluding hydrogens is 344 g/mol. The molecule has 3 aromatic rings. The maximum absolute atomic E-state index is 5.54. The summed E-state index contributed by atoms with van der Waals surface area (Å²) in [6.07, 6.45) is 2.68. The van der Waals surface area contributed by atoms with Crippen LogP contribution in [0.15, 0.2) is 47.6 Å². The van der Waals surface area contributed by atoms with Crippen molar-refractivity contribution in [1.29, 1.82) is 0 Å². The number of rotatable bonds is 7. The molecule has 1 aromatic carbocycles. The fourth-order valence-electron chi connectivity index (χ4n) is 2.69. The van der Waals surface area contributed by atoms with Gasteiger partial charge in [-0.1, -0.05) is 6.07 Å². The number of nitrogens with one attached hydrogen (secondary N) is 2. The molecule has 2 aromatic heterocycles. The van der Waals surface area contributed by atoms with Gasteiger partial charge in [0.1, 0.15) is 5.82 Å². The summed E-state index contributed by atoms with van der Waals surface area (Å²) in [6.45, 7) is 3.20. The Labute approximate surface area is 158 Å². The highest BCUT2D eigenvalue weighted by Gasteiger charge is 2.08. The topological polar surface area (TPSA) is 85.1 Å². The lowest BCUT2D eigenvalue weighted by Gasteiger charge is -2.14. The zero-order valence-electron chi connectivity index (χ0n) is 15.8. The van der Waals surface area contributed by atoms with Gasteiger partial charge in [0.2, 0.25) is 0 Å². The van der Waals surface area contributed by atoms with Crippen molar-refractivity contribution in [1.82, 2.24) is 19.9 Å². The third kappa shape index (κ3) is 4.46. The molecule has 27 heavy (non-hydrogen) atoms. The zero-order valence-corrected chi connectivity index (χ0v) is 15.8. The normalized spacial score (nSPS) is 11.4. The van der Waals surface area contributed by atoms with E-state index in [1.165, 1.54) is 0 Å². The Hall–Kier alpha value is -3.29. The van der Waals surface area contributed by atoms with Gasteiger partial charge in [0.05, 0.1) is 13.7 Å². The Kier molecular flexibility index (Phi) is 6.09. The van der Waals surface area contributed by atoms with Gasteiger partial charge in [-0.2, -0.15) is 0 Å². The smallest absolute Gasteiger partial charge is 0.195 e. The minimum Gasteiger partial charge on any atom is -0.493 e. The summed E-state index contributed by atoms with van der Waals surface area (Å²) >= 11 is 0. The highest BCUT2D eigenvalue weighted by atomic mass is 16.5. The van der Waals surface area contributed by atoms with Crippen molar-refractivity contribution in [2.24, 2.45) is 4.99 Å². The van der Waals surface area contributed by atoms with Gasteiger partial charge in [-0.15, -0.1) is 10.2 Å². The summed E-state index contributed by atoms with van der Waals surface area (Å²) in [7, 11) is 3.35. The van der Waals surface area contributed by atoms with Crippen molar-refractivity contribution < 1.29 is 9.47 Å². The molecule has 0 aliphatic carbocycles. The van der Waals surface area contributed by atoms with Crippen molar-refractivity contribution in [3.8, 4) is 11.5 Å². The first kappa shape index (κ1) is 18.5. The summed E-state index contributed by atoms with van der Waals surface area (Å²) < 4.78 is 12.9. The number of nitrogens with zero attached hydrogens (tertiary/aromatic N) is 4. The Morgan fingerprint density at radius 1 is 1.19 bits per heavy atom. The average Bonchev–Trinajstić information content (AvgIpc) is 3.11. The van der Waals surface area contributed by atoms with E-state index in [4.69, 9.17) is 9.47 Å². The van der Waals surface area contributed by atoms with Crippen LogP contribution >= 0.6 is 0 Å². The van der Waals surface area contributed by atoms with E-state index in [2.05, 4.69) is 25.8 Å². The van der Waals surface area contributed by atoms with Gasteiger partial charge in [0, 0.05) is 38.0 Å². The lowest BCUT2D eigenvalue weighted by molar-refractivity contribution is 0.311. The molecule has 0 saturated heterocycles. The molecule has 0 amide bonds. The van der Waals surface area contributed by atoms with Gasteiger partial charge >= 0.3 is 0 Å². The molecule has 8 nitrogen and oxygen atoms in total. The number of aliphatic imine (C=N–C) groups is 1. The van der Waals surface area contributed by atoms with Crippen LogP contribution in [0, 0.1) is 0 Å². The van der Waals surface area contributed by atoms with Crippen molar-refractivity contribution in [3.63, 3.8) is 0 Å². The third-order valence-electron chi connectivity index (χ3n) is 3.98. The van der Waals surface area contributed by atoms with Gasteiger partial charge in [-0.25, -0.2) is 0 Å². The first-order valence-corrected chi connectivity index (χ1v) is 8.82. The molecule has 3 rings (SSSR count). The van der Waals surface area contributed by atoms with Crippen LogP contribution in [0.2, 0.25) is 0 Å². The SMILES string of the molecule is CCOc1ccc(NC(=NC)NCCc2nnc3ccccn23)cc1OC. The van der Waals surface area contributed by atoms with E-state index in [9.17, 15) is 0 Å². The molecule has 0 fully saturated rings. The van der Waals surface area contributed by atoms with Gasteiger partial charge in [0.15, 0.2) is 23.1 Å². The number of fused-ring (bicyclic) bond motifs is 1. The van der Waals surface area contributed by atoms with E-state index in [1.807, 2.05) is 53.9 Å². The number of anilines is 1. The van der Waals surface area contributed by atoms with Crippen molar-refractivity contribution in [2.45, 2.75) is 13.3 Å². The number of aromatic nitrogens is 3. The van der Waals surface area contributed by atoms with E-state index >= 15 is 0 Å². The number of benzene rings is 1. The van der Waals surface area contributed by atoms with Crippen LogP contribution in [0.3, 0.4) is 0 Å². The summed E-state index contributed by atoms with van der Waals surface area (Å²) in [5, 5.41) is 14.9. The van der Waals surface area contributed by atoms with E-state index in [1.54, 1.807) is 14.2 Å². The number of hydrogen-bond acceptors (Lipinski definition) is 5. The quantitative estimate of drug-likeness (QED) is 0.492. The largest absolute Gasteiger partial charge is 0.493 e. The molecule has 0 spiro atoms. The number of pyridine rings is 1. The van der Waals surface area contributed by atoms with E-state index < -0.39 is 0 Å². The Morgan fingerprint density at radius 2 is 2.07 bits per heavy atom. The number of ether oxygens (including phenoxy) is 2. The van der Waals surface area contributed by atoms with Crippen LogP contribution < -0.4 is 20.1 Å². The standard InChI is InChI=1S/C19H24N6O2/c1-4-27-15-9-8-14(13-16(15)26-3)22-19(20-2)21-11-10-18-24-23-17-7-5-6-12-25(17)18/h5-9,12-13H,4,10-11H2,1-3H3,(H2,20,21,22). The van der Waals surface area contributed by atoms with Crippen LogP contribution in [0.5, 0.6) is 11.5 Å². The summed E-state index contributed by atoms with van der Waals surface area (Å²) in [5.74, 6) is 2.95. The van der Waals surface area contributed by atoms with Gasteiger partial charge in [-0.05, 0) is 31.2 Å². The fourth-order valence-corrected chi connectivity index (χ4v) is 2.69. The van der Waals surface area contributed by atoms with Crippen molar-refractivity contribution in [3.05, 3.63) is 48.4 Å². The van der Waals surface area contributed by atoms with E-state index in [-0.39, 0.29) is 0 Å². The van der Waals surface area contributed by atoms with Crippen LogP contribution in [0.25, 0.3) is 5.65 Å². The van der Waals surface area contributed by atoms with E-state index in [0.29, 0.717) is 30.6 Å². The Bertz CT molecular complexity index is 921. The van der Waals surface area contributed by atoms with Gasteiger partial charge in [0.25, 0.3) is 0 Å². The molecular formula is C19H24N6O2. The molecule has 0 aliphatic rings. The summed E-state index contributed by atoms with van der Waals surface area (Å²) in [6, 6.07) is 11.5. The maximum Gasteiger partial charge on any atom is 0.195 e. The number of hydrogen-bond donors (Lipinski definition) is 2. The Balaban J connectivity index is 1.59. The predicted molar refractivity (Wildman–Crippen MR) is 106 cm³/mol. The predicted octanol–water partition coefficient (Wildman–Crippen LogP) is 2.37. The lowest BCUT2D eigenvalue weighted by Crippen LogP contribution is -2.32. The lowest BCUT2D eigenvalue weighted by atomic mass is 10.2. The van der Waals surface area contributed by atoms with E-state index in [0.717, 1.165) is 23.6 Å². The molecule has 0 unspecified atom stereocenters. The minimum atomic E-state index is 0.587. The molecule has 0 radical (unpaired) electrons. The zero-order chi connectivity index (χ0) is 19.1. The van der Waals surface area contributed by atoms with Crippen LogP contribution in [-0.2, 0) is 6.42 Å². The Morgan fingerprint density at radius 3 is 2.85 bits per heavy atom. The van der Waals surface area contributed by atoms with Crippen LogP contribution in [-0.4, -0.2) is 47.9 Å². The molecule has 2 N–H and O–H groups in total. The number of methoxy groups -OCH3 is 1. The van der Waals surface area contributed by atoms with Crippen LogP contribution in [0.1, 0.15) is 12.7 Å². The van der Waals surface area contributed by atoms with Gasteiger partial charge in [-0.3, -0.25) is 9.39 Å². The first-order chi connectivity index (χ1) is 13.2. The second kappa shape index (κ2) is 8.88.